The predicted octanol–water partition coefficient (Wildman–Crippen LogP) is 6.48. The van der Waals surface area contributed by atoms with Crippen molar-refractivity contribution < 1.29 is 15.0 Å². The quantitative estimate of drug-likeness (QED) is 0.376. The van der Waals surface area contributed by atoms with E-state index in [1.807, 2.05) is 13.8 Å². The second-order valence-electron chi connectivity index (χ2n) is 13.7. The van der Waals surface area contributed by atoms with Crippen molar-refractivity contribution in [1.82, 2.24) is 0 Å². The number of aliphatic hydroxyl groups is 2. The molecule has 0 unspecified atom stereocenters. The maximum absolute atomic E-state index is 12.7. The Bertz CT molecular complexity index is 864. The molecule has 4 aliphatic carbocycles. The zero-order valence-electron chi connectivity index (χ0n) is 22.4. The van der Waals surface area contributed by atoms with Crippen LogP contribution in [0.4, 0.5) is 0 Å². The van der Waals surface area contributed by atoms with Crippen molar-refractivity contribution in [3.63, 3.8) is 0 Å². The Morgan fingerprint density at radius 2 is 1.73 bits per heavy atom. The highest BCUT2D eigenvalue weighted by Gasteiger charge is 2.65. The highest BCUT2D eigenvalue weighted by Crippen LogP contribution is 2.73. The van der Waals surface area contributed by atoms with Gasteiger partial charge >= 0.3 is 0 Å². The number of fused-ring (bicyclic) bond motifs is 5. The number of rotatable bonds is 4. The Morgan fingerprint density at radius 3 is 2.36 bits per heavy atom. The van der Waals surface area contributed by atoms with Crippen LogP contribution in [-0.2, 0) is 4.79 Å². The van der Waals surface area contributed by atoms with Gasteiger partial charge in [-0.25, -0.2) is 0 Å². The molecule has 0 aliphatic heterocycles. The van der Waals surface area contributed by atoms with E-state index in [2.05, 4.69) is 47.6 Å². The first-order valence-electron chi connectivity index (χ1n) is 13.5. The number of carbonyl (C=O) groups is 1. The summed E-state index contributed by atoms with van der Waals surface area (Å²) in [5.74, 6) is 1.29. The predicted molar refractivity (Wildman–Crippen MR) is 135 cm³/mol. The van der Waals surface area contributed by atoms with Gasteiger partial charge in [0.1, 0.15) is 6.10 Å². The molecule has 3 nitrogen and oxygen atoms in total. The van der Waals surface area contributed by atoms with Crippen molar-refractivity contribution in [2.24, 2.45) is 45.3 Å². The molecule has 33 heavy (non-hydrogen) atoms. The SMILES string of the molecule is CC(C)=CC(=O)[C@@H](O)[C@H](C)[C@@H]1CC[C@]2(C)C3=CC[C@H]4C(C)(C)[C@@H](O)CC[C@]4(C)[C@@H]3CC[C@@]12C. The van der Waals surface area contributed by atoms with E-state index in [9.17, 15) is 15.0 Å². The van der Waals surface area contributed by atoms with Crippen molar-refractivity contribution >= 4 is 5.78 Å². The number of ketones is 1. The fourth-order valence-electron chi connectivity index (χ4n) is 9.43. The van der Waals surface area contributed by atoms with Gasteiger partial charge in [-0.3, -0.25) is 4.79 Å². The zero-order valence-corrected chi connectivity index (χ0v) is 22.4. The highest BCUT2D eigenvalue weighted by atomic mass is 16.3. The van der Waals surface area contributed by atoms with Gasteiger partial charge in [-0.2, -0.15) is 0 Å². The summed E-state index contributed by atoms with van der Waals surface area (Å²) >= 11 is 0. The first kappa shape index (κ1) is 25.2. The molecule has 0 saturated heterocycles. The third-order valence-electron chi connectivity index (χ3n) is 11.7. The summed E-state index contributed by atoms with van der Waals surface area (Å²) in [5.41, 5.74) is 3.06. The molecule has 2 N–H and O–H groups in total. The molecule has 0 radical (unpaired) electrons. The molecule has 4 rings (SSSR count). The standard InChI is InChI=1S/C30H48O3/c1-18(2)17-23(31)26(33)19(3)20-11-15-30(8)22-9-10-24-27(4,5)25(32)13-14-28(24,6)21(22)12-16-29(20,30)7/h9,17,19-21,24-26,32-33H,10-16H2,1-8H3/t19-,20+,21-,24+,25+,26+,28-,29+,30-/m1/s1. The van der Waals surface area contributed by atoms with Crippen LogP contribution in [0.3, 0.4) is 0 Å². The normalized spacial score (nSPS) is 45.7. The Hall–Kier alpha value is -0.930. The minimum atomic E-state index is -0.912. The summed E-state index contributed by atoms with van der Waals surface area (Å²) in [4.78, 5) is 12.7. The smallest absolute Gasteiger partial charge is 0.184 e. The Kier molecular flexibility index (Phi) is 6.14. The molecule has 0 aromatic carbocycles. The molecule has 0 heterocycles. The average molecular weight is 457 g/mol. The first-order chi connectivity index (χ1) is 15.2. The number of aliphatic hydroxyl groups excluding tert-OH is 2. The molecule has 0 aromatic heterocycles. The van der Waals surface area contributed by atoms with Crippen LogP contribution < -0.4 is 0 Å². The lowest BCUT2D eigenvalue weighted by Gasteiger charge is -2.64. The molecule has 3 heteroatoms. The fourth-order valence-corrected chi connectivity index (χ4v) is 9.43. The average Bonchev–Trinajstić information content (AvgIpc) is 3.01. The molecule has 186 valence electrons. The van der Waals surface area contributed by atoms with E-state index in [0.717, 1.165) is 44.1 Å². The van der Waals surface area contributed by atoms with E-state index in [1.54, 1.807) is 11.6 Å². The van der Waals surface area contributed by atoms with Gasteiger partial charge in [0, 0.05) is 0 Å². The van der Waals surface area contributed by atoms with Crippen LogP contribution in [0.5, 0.6) is 0 Å². The van der Waals surface area contributed by atoms with E-state index < -0.39 is 6.10 Å². The molecule has 0 spiro atoms. The van der Waals surface area contributed by atoms with E-state index in [1.165, 1.54) is 6.42 Å². The highest BCUT2D eigenvalue weighted by molar-refractivity contribution is 5.94. The van der Waals surface area contributed by atoms with Crippen LogP contribution in [-0.4, -0.2) is 28.2 Å². The summed E-state index contributed by atoms with van der Waals surface area (Å²) < 4.78 is 0. The zero-order chi connectivity index (χ0) is 24.6. The van der Waals surface area contributed by atoms with Crippen molar-refractivity contribution in [2.75, 3.05) is 0 Å². The molecule has 0 amide bonds. The van der Waals surface area contributed by atoms with Gasteiger partial charge in [0.2, 0.25) is 0 Å². The van der Waals surface area contributed by atoms with Gasteiger partial charge in [-0.15, -0.1) is 0 Å². The van der Waals surface area contributed by atoms with Gasteiger partial charge in [-0.1, -0.05) is 58.8 Å². The summed E-state index contributed by atoms with van der Waals surface area (Å²) in [6, 6.07) is 0. The summed E-state index contributed by atoms with van der Waals surface area (Å²) in [7, 11) is 0. The van der Waals surface area contributed by atoms with E-state index in [4.69, 9.17) is 0 Å². The second kappa shape index (κ2) is 8.05. The summed E-state index contributed by atoms with van der Waals surface area (Å²) in [6.07, 6.45) is 10.8. The van der Waals surface area contributed by atoms with Crippen LogP contribution in [0.25, 0.3) is 0 Å². The van der Waals surface area contributed by atoms with E-state index >= 15 is 0 Å². The Labute approximate surface area is 202 Å². The fraction of sp³-hybridized carbons (Fsp3) is 0.833. The largest absolute Gasteiger partial charge is 0.393 e. The van der Waals surface area contributed by atoms with Crippen molar-refractivity contribution in [3.8, 4) is 0 Å². The number of carbonyl (C=O) groups excluding carboxylic acids is 1. The Morgan fingerprint density at radius 1 is 1.06 bits per heavy atom. The van der Waals surface area contributed by atoms with Crippen molar-refractivity contribution in [1.29, 1.82) is 0 Å². The Balaban J connectivity index is 1.66. The first-order valence-corrected chi connectivity index (χ1v) is 13.5. The molecule has 3 saturated carbocycles. The lowest BCUT2D eigenvalue weighted by molar-refractivity contribution is -0.135. The number of hydrogen-bond acceptors (Lipinski definition) is 3. The maximum atomic E-state index is 12.7. The molecular formula is C30H48O3. The van der Waals surface area contributed by atoms with Crippen LogP contribution in [0, 0.1) is 45.3 Å². The van der Waals surface area contributed by atoms with Gasteiger partial charge < -0.3 is 10.2 Å². The summed E-state index contributed by atoms with van der Waals surface area (Å²) in [5, 5.41) is 21.8. The lowest BCUT2D eigenvalue weighted by Crippen LogP contribution is -2.58. The minimum absolute atomic E-state index is 0.0345. The van der Waals surface area contributed by atoms with Gasteiger partial charge in [0.05, 0.1) is 6.10 Å². The maximum Gasteiger partial charge on any atom is 0.184 e. The van der Waals surface area contributed by atoms with Gasteiger partial charge in [-0.05, 0) is 110 Å². The number of hydrogen-bond donors (Lipinski definition) is 2. The van der Waals surface area contributed by atoms with Crippen molar-refractivity contribution in [2.45, 2.75) is 113 Å². The van der Waals surface area contributed by atoms with Crippen molar-refractivity contribution in [3.05, 3.63) is 23.3 Å². The van der Waals surface area contributed by atoms with Crippen LogP contribution in [0.2, 0.25) is 0 Å². The van der Waals surface area contributed by atoms with Crippen LogP contribution >= 0.6 is 0 Å². The van der Waals surface area contributed by atoms with E-state index in [-0.39, 0.29) is 39.5 Å². The van der Waals surface area contributed by atoms with Gasteiger partial charge in [0.15, 0.2) is 5.78 Å². The van der Waals surface area contributed by atoms with Crippen LogP contribution in [0.1, 0.15) is 100 Å². The van der Waals surface area contributed by atoms with E-state index in [0.29, 0.717) is 17.8 Å². The minimum Gasteiger partial charge on any atom is -0.393 e. The van der Waals surface area contributed by atoms with Crippen LogP contribution in [0.15, 0.2) is 23.3 Å². The topological polar surface area (TPSA) is 57.5 Å². The molecule has 0 bridgehead atoms. The molecule has 3 fully saturated rings. The monoisotopic (exact) mass is 456 g/mol. The molecule has 4 aliphatic rings. The molecule has 9 atom stereocenters. The summed E-state index contributed by atoms with van der Waals surface area (Å²) in [6.45, 7) is 18.0. The van der Waals surface area contributed by atoms with Gasteiger partial charge in [0.25, 0.3) is 0 Å². The number of allylic oxidation sites excluding steroid dienone is 3. The third-order valence-corrected chi connectivity index (χ3v) is 11.7. The lowest BCUT2D eigenvalue weighted by atomic mass is 9.41. The second-order valence-corrected chi connectivity index (χ2v) is 13.7. The third kappa shape index (κ3) is 3.46. The molecule has 0 aromatic rings. The molecular weight excluding hydrogens is 408 g/mol.